The molecule has 6 heteroatoms. The van der Waals surface area contributed by atoms with Crippen LogP contribution in [0.5, 0.6) is 0 Å². The normalized spacial score (nSPS) is 11.3. The Morgan fingerprint density at radius 3 is 2.63 bits per heavy atom. The van der Waals surface area contributed by atoms with Crippen molar-refractivity contribution in [2.24, 2.45) is 0 Å². The van der Waals surface area contributed by atoms with Gasteiger partial charge in [0.15, 0.2) is 5.13 Å². The van der Waals surface area contributed by atoms with E-state index in [2.05, 4.69) is 20.9 Å². The Hall–Kier alpha value is -1.01. The highest BCUT2D eigenvalue weighted by molar-refractivity contribution is 9.10. The summed E-state index contributed by atoms with van der Waals surface area (Å²) < 4.78 is 27.2. The third-order valence-electron chi connectivity index (χ3n) is 2.73. The number of nitrogens with two attached hydrogens (primary N) is 1. The van der Waals surface area contributed by atoms with Gasteiger partial charge in [-0.25, -0.2) is 13.8 Å². The van der Waals surface area contributed by atoms with Crippen LogP contribution in [0.1, 0.15) is 35.9 Å². The Morgan fingerprint density at radius 2 is 2.00 bits per heavy atom. The van der Waals surface area contributed by atoms with E-state index >= 15 is 0 Å². The van der Waals surface area contributed by atoms with Crippen molar-refractivity contribution < 1.29 is 8.78 Å². The van der Waals surface area contributed by atoms with Crippen LogP contribution in [-0.2, 0) is 6.42 Å². The second kappa shape index (κ2) is 5.54. The van der Waals surface area contributed by atoms with Crippen molar-refractivity contribution in [2.75, 3.05) is 5.73 Å². The van der Waals surface area contributed by atoms with Crippen molar-refractivity contribution in [2.45, 2.75) is 26.2 Å². The van der Waals surface area contributed by atoms with Crippen molar-refractivity contribution in [3.63, 3.8) is 0 Å². The summed E-state index contributed by atoms with van der Waals surface area (Å²) in [5, 5.41) is 0.472. The molecule has 0 bridgehead atoms. The fourth-order valence-corrected chi connectivity index (χ4v) is 3.23. The van der Waals surface area contributed by atoms with Gasteiger partial charge in [-0.2, -0.15) is 0 Å². The van der Waals surface area contributed by atoms with Gasteiger partial charge in [-0.15, -0.1) is 11.3 Å². The van der Waals surface area contributed by atoms with Crippen LogP contribution >= 0.6 is 27.3 Å². The molecule has 1 aromatic carbocycles. The number of aromatic nitrogens is 1. The largest absolute Gasteiger partial charge is 0.375 e. The third kappa shape index (κ3) is 3.12. The molecule has 1 aromatic heterocycles. The summed E-state index contributed by atoms with van der Waals surface area (Å²) in [6.07, 6.45) is 0.368. The zero-order valence-electron chi connectivity index (χ0n) is 10.5. The van der Waals surface area contributed by atoms with E-state index in [1.807, 2.05) is 13.8 Å². The summed E-state index contributed by atoms with van der Waals surface area (Å²) in [5.74, 6) is -0.938. The van der Waals surface area contributed by atoms with Crippen LogP contribution in [0.2, 0.25) is 0 Å². The molecule has 2 N–H and O–H groups in total. The Morgan fingerprint density at radius 1 is 1.32 bits per heavy atom. The lowest BCUT2D eigenvalue weighted by Crippen LogP contribution is -1.98. The van der Waals surface area contributed by atoms with Gasteiger partial charge in [0.25, 0.3) is 0 Å². The number of benzene rings is 1. The number of nitrogens with zero attached hydrogens (tertiary/aromatic N) is 1. The first-order chi connectivity index (χ1) is 8.88. The lowest BCUT2D eigenvalue weighted by Gasteiger charge is -2.07. The van der Waals surface area contributed by atoms with Gasteiger partial charge >= 0.3 is 0 Å². The van der Waals surface area contributed by atoms with E-state index in [0.717, 1.165) is 16.6 Å². The van der Waals surface area contributed by atoms with Crippen molar-refractivity contribution in [3.8, 4) is 0 Å². The second-order valence-electron chi connectivity index (χ2n) is 4.55. The molecule has 0 aliphatic carbocycles. The van der Waals surface area contributed by atoms with Crippen molar-refractivity contribution in [3.05, 3.63) is 44.4 Å². The molecule has 2 rings (SSSR count). The van der Waals surface area contributed by atoms with Crippen molar-refractivity contribution >= 4 is 32.4 Å². The van der Waals surface area contributed by atoms with Gasteiger partial charge in [0.2, 0.25) is 0 Å². The molecule has 0 atom stereocenters. The Balaban J connectivity index is 2.39. The van der Waals surface area contributed by atoms with Crippen molar-refractivity contribution in [1.29, 1.82) is 0 Å². The number of rotatable bonds is 3. The van der Waals surface area contributed by atoms with Crippen LogP contribution in [0.3, 0.4) is 0 Å². The average molecular weight is 347 g/mol. The van der Waals surface area contributed by atoms with E-state index in [-0.39, 0.29) is 10.4 Å². The highest BCUT2D eigenvalue weighted by Crippen LogP contribution is 2.30. The van der Waals surface area contributed by atoms with Crippen LogP contribution in [0, 0.1) is 11.6 Å². The zero-order valence-corrected chi connectivity index (χ0v) is 12.9. The minimum atomic E-state index is -0.603. The molecule has 1 heterocycles. The minimum Gasteiger partial charge on any atom is -0.375 e. The van der Waals surface area contributed by atoms with Gasteiger partial charge in [0, 0.05) is 17.4 Å². The van der Waals surface area contributed by atoms with Gasteiger partial charge in [-0.05, 0) is 33.5 Å². The third-order valence-corrected chi connectivity index (χ3v) is 4.24. The van der Waals surface area contributed by atoms with Crippen LogP contribution < -0.4 is 5.73 Å². The lowest BCUT2D eigenvalue weighted by atomic mass is 10.0. The SMILES string of the molecule is CC(C)c1nc(N)sc1Cc1cc(Br)c(F)cc1F. The van der Waals surface area contributed by atoms with E-state index < -0.39 is 11.6 Å². The lowest BCUT2D eigenvalue weighted by molar-refractivity contribution is 0.570. The standard InChI is InChI=1S/C13H13BrF2N2S/c1-6(2)12-11(19-13(17)18-12)4-7-3-8(14)10(16)5-9(7)15/h3,5-6H,4H2,1-2H3,(H2,17,18). The fraction of sp³-hybridized carbons (Fsp3) is 0.308. The average Bonchev–Trinajstić information content (AvgIpc) is 2.67. The van der Waals surface area contributed by atoms with Crippen LogP contribution in [0.25, 0.3) is 0 Å². The topological polar surface area (TPSA) is 38.9 Å². The summed E-state index contributed by atoms with van der Waals surface area (Å²) in [4.78, 5) is 5.19. The van der Waals surface area contributed by atoms with Crippen LogP contribution in [0.15, 0.2) is 16.6 Å². The summed E-state index contributed by atoms with van der Waals surface area (Å²) in [7, 11) is 0. The molecule has 0 saturated carbocycles. The zero-order chi connectivity index (χ0) is 14.2. The first kappa shape index (κ1) is 14.4. The molecule has 0 aliphatic heterocycles. The highest BCUT2D eigenvalue weighted by atomic mass is 79.9. The molecule has 0 radical (unpaired) electrons. The van der Waals surface area contributed by atoms with E-state index in [1.54, 1.807) is 0 Å². The van der Waals surface area contributed by atoms with Gasteiger partial charge in [0.05, 0.1) is 10.2 Å². The quantitative estimate of drug-likeness (QED) is 0.832. The molecule has 0 unspecified atom stereocenters. The molecular weight excluding hydrogens is 334 g/mol. The first-order valence-corrected chi connectivity index (χ1v) is 7.38. The fourth-order valence-electron chi connectivity index (χ4n) is 1.83. The Bertz CT molecular complexity index is 611. The van der Waals surface area contributed by atoms with Gasteiger partial charge in [-0.3, -0.25) is 0 Å². The number of nitrogen functional groups attached to an aromatic ring is 1. The number of hydrogen-bond donors (Lipinski definition) is 1. The van der Waals surface area contributed by atoms with E-state index in [1.165, 1.54) is 17.4 Å². The molecule has 0 saturated heterocycles. The maximum Gasteiger partial charge on any atom is 0.180 e. The molecule has 19 heavy (non-hydrogen) atoms. The Labute approximate surface area is 122 Å². The Kier molecular flexibility index (Phi) is 4.20. The van der Waals surface area contributed by atoms with Crippen molar-refractivity contribution in [1.82, 2.24) is 4.98 Å². The summed E-state index contributed by atoms with van der Waals surface area (Å²) in [6, 6.07) is 2.35. The number of thiazole rings is 1. The van der Waals surface area contributed by atoms with E-state index in [0.29, 0.717) is 17.1 Å². The van der Waals surface area contributed by atoms with Gasteiger partial charge in [0.1, 0.15) is 11.6 Å². The monoisotopic (exact) mass is 346 g/mol. The number of halogens is 3. The van der Waals surface area contributed by atoms with Gasteiger partial charge < -0.3 is 5.73 Å². The molecule has 0 aliphatic rings. The molecule has 2 nitrogen and oxygen atoms in total. The summed E-state index contributed by atoms with van der Waals surface area (Å²) in [6.45, 7) is 4.02. The second-order valence-corrected chi connectivity index (χ2v) is 6.52. The number of anilines is 1. The first-order valence-electron chi connectivity index (χ1n) is 5.77. The molecule has 2 aromatic rings. The molecule has 102 valence electrons. The molecular formula is C13H13BrF2N2S. The summed E-state index contributed by atoms with van der Waals surface area (Å²) >= 11 is 4.41. The molecule has 0 fully saturated rings. The molecule has 0 spiro atoms. The highest BCUT2D eigenvalue weighted by Gasteiger charge is 2.16. The smallest absolute Gasteiger partial charge is 0.180 e. The number of hydrogen-bond acceptors (Lipinski definition) is 3. The van der Waals surface area contributed by atoms with E-state index in [9.17, 15) is 8.78 Å². The van der Waals surface area contributed by atoms with Crippen LogP contribution in [0.4, 0.5) is 13.9 Å². The van der Waals surface area contributed by atoms with Crippen LogP contribution in [-0.4, -0.2) is 4.98 Å². The predicted octanol–water partition coefficient (Wildman–Crippen LogP) is 4.48. The molecule has 0 amide bonds. The predicted molar refractivity (Wildman–Crippen MR) is 77.5 cm³/mol. The maximum atomic E-state index is 13.7. The van der Waals surface area contributed by atoms with Gasteiger partial charge in [-0.1, -0.05) is 13.8 Å². The maximum absolute atomic E-state index is 13.7. The summed E-state index contributed by atoms with van der Waals surface area (Å²) in [5.41, 5.74) is 7.01. The minimum absolute atomic E-state index is 0.218. The van der Waals surface area contributed by atoms with E-state index in [4.69, 9.17) is 5.73 Å².